The predicted molar refractivity (Wildman–Crippen MR) is 80.3 cm³/mol. The largest absolute Gasteiger partial charge is 0.366 e. The van der Waals surface area contributed by atoms with Gasteiger partial charge in [0, 0.05) is 12.6 Å². The fourth-order valence-electron chi connectivity index (χ4n) is 2.55. The Balaban J connectivity index is 2.44. The van der Waals surface area contributed by atoms with Crippen molar-refractivity contribution < 1.29 is 8.42 Å². The summed E-state index contributed by atoms with van der Waals surface area (Å²) in [6.45, 7) is 7.45. The van der Waals surface area contributed by atoms with Gasteiger partial charge in [-0.05, 0) is 32.4 Å². The van der Waals surface area contributed by atoms with Crippen molar-refractivity contribution in [1.82, 2.24) is 0 Å². The van der Waals surface area contributed by atoms with Gasteiger partial charge >= 0.3 is 0 Å². The molecule has 0 amide bonds. The van der Waals surface area contributed by atoms with Crippen molar-refractivity contribution >= 4 is 21.4 Å². The van der Waals surface area contributed by atoms with Crippen LogP contribution >= 0.6 is 0 Å². The molecule has 4 nitrogen and oxygen atoms in total. The zero-order valence-corrected chi connectivity index (χ0v) is 12.7. The number of benzene rings is 1. The molecule has 2 rings (SSSR count). The molecule has 1 aliphatic rings. The molecule has 0 aromatic heterocycles. The van der Waals surface area contributed by atoms with E-state index >= 15 is 0 Å². The standard InChI is InChI=1S/C14H22N2O2S/c1-4-11-19(17,18)16-10-9-15(12(2)3)13-7-5-6-8-14(13)16/h5-8,12H,4,9-11H2,1-3H3. The number of hydrogen-bond acceptors (Lipinski definition) is 3. The molecule has 0 saturated carbocycles. The van der Waals surface area contributed by atoms with Crippen molar-refractivity contribution in [3.8, 4) is 0 Å². The van der Waals surface area contributed by atoms with E-state index in [9.17, 15) is 8.42 Å². The average Bonchev–Trinajstić information content (AvgIpc) is 2.37. The minimum atomic E-state index is -3.19. The molecular formula is C14H22N2O2S. The summed E-state index contributed by atoms with van der Waals surface area (Å²) in [5.41, 5.74) is 1.83. The van der Waals surface area contributed by atoms with Crippen LogP contribution < -0.4 is 9.21 Å². The molecule has 5 heteroatoms. The fraction of sp³-hybridized carbons (Fsp3) is 0.571. The zero-order chi connectivity index (χ0) is 14.0. The van der Waals surface area contributed by atoms with Crippen molar-refractivity contribution in [3.05, 3.63) is 24.3 Å². The quantitative estimate of drug-likeness (QED) is 0.852. The molecule has 0 fully saturated rings. The van der Waals surface area contributed by atoms with E-state index in [0.717, 1.165) is 17.9 Å². The van der Waals surface area contributed by atoms with Crippen molar-refractivity contribution in [2.24, 2.45) is 0 Å². The summed E-state index contributed by atoms with van der Waals surface area (Å²) in [6.07, 6.45) is 0.648. The van der Waals surface area contributed by atoms with E-state index in [1.165, 1.54) is 0 Å². The van der Waals surface area contributed by atoms with Gasteiger partial charge in [0.15, 0.2) is 0 Å². The van der Waals surface area contributed by atoms with Crippen LogP contribution in [0.25, 0.3) is 0 Å². The van der Waals surface area contributed by atoms with Crippen LogP contribution in [0.15, 0.2) is 24.3 Å². The number of anilines is 2. The lowest BCUT2D eigenvalue weighted by Crippen LogP contribution is -2.47. The van der Waals surface area contributed by atoms with Crippen LogP contribution in [-0.2, 0) is 10.0 Å². The summed E-state index contributed by atoms with van der Waals surface area (Å²) in [6, 6.07) is 8.14. The second-order valence-electron chi connectivity index (χ2n) is 5.16. The Morgan fingerprint density at radius 2 is 1.79 bits per heavy atom. The zero-order valence-electron chi connectivity index (χ0n) is 11.8. The van der Waals surface area contributed by atoms with Crippen LogP contribution in [-0.4, -0.2) is 33.3 Å². The van der Waals surface area contributed by atoms with E-state index < -0.39 is 10.0 Å². The molecule has 1 aromatic rings. The van der Waals surface area contributed by atoms with E-state index in [2.05, 4.69) is 18.7 Å². The molecule has 0 N–H and O–H groups in total. The minimum Gasteiger partial charge on any atom is -0.366 e. The lowest BCUT2D eigenvalue weighted by atomic mass is 10.1. The van der Waals surface area contributed by atoms with E-state index in [4.69, 9.17) is 0 Å². The first-order valence-electron chi connectivity index (χ1n) is 6.83. The number of sulfonamides is 1. The van der Waals surface area contributed by atoms with Gasteiger partial charge in [0.25, 0.3) is 0 Å². The first-order chi connectivity index (χ1) is 8.97. The molecule has 1 aromatic carbocycles. The molecule has 1 aliphatic heterocycles. The summed E-state index contributed by atoms with van der Waals surface area (Å²) in [5, 5.41) is 0. The molecule has 0 radical (unpaired) electrons. The second kappa shape index (κ2) is 5.41. The number of rotatable bonds is 4. The Morgan fingerprint density at radius 3 is 2.37 bits per heavy atom. The van der Waals surface area contributed by atoms with Gasteiger partial charge in [0.1, 0.15) is 0 Å². The Labute approximate surface area is 116 Å². The minimum absolute atomic E-state index is 0.211. The van der Waals surface area contributed by atoms with E-state index in [-0.39, 0.29) is 5.75 Å². The predicted octanol–water partition coefficient (Wildman–Crippen LogP) is 2.46. The lowest BCUT2D eigenvalue weighted by molar-refractivity contribution is 0.583. The molecule has 0 bridgehead atoms. The van der Waals surface area contributed by atoms with E-state index in [1.54, 1.807) is 4.31 Å². The molecular weight excluding hydrogens is 260 g/mol. The summed E-state index contributed by atoms with van der Waals surface area (Å²) in [5.74, 6) is 0.211. The Morgan fingerprint density at radius 1 is 1.16 bits per heavy atom. The van der Waals surface area contributed by atoms with Crippen LogP contribution in [0.1, 0.15) is 27.2 Å². The molecule has 1 heterocycles. The van der Waals surface area contributed by atoms with Gasteiger partial charge < -0.3 is 4.90 Å². The van der Waals surface area contributed by atoms with Crippen LogP contribution in [0.2, 0.25) is 0 Å². The molecule has 0 unspecified atom stereocenters. The monoisotopic (exact) mass is 282 g/mol. The lowest BCUT2D eigenvalue weighted by Gasteiger charge is -2.40. The summed E-state index contributed by atoms with van der Waals surface area (Å²) in [7, 11) is -3.19. The van der Waals surface area contributed by atoms with Gasteiger partial charge in [-0.25, -0.2) is 8.42 Å². The van der Waals surface area contributed by atoms with Crippen molar-refractivity contribution in [2.75, 3.05) is 28.0 Å². The van der Waals surface area contributed by atoms with Crippen molar-refractivity contribution in [1.29, 1.82) is 0 Å². The maximum Gasteiger partial charge on any atom is 0.235 e. The van der Waals surface area contributed by atoms with Crippen LogP contribution in [0, 0.1) is 0 Å². The highest BCUT2D eigenvalue weighted by Gasteiger charge is 2.30. The third kappa shape index (κ3) is 2.71. The average molecular weight is 282 g/mol. The molecule has 0 atom stereocenters. The normalized spacial score (nSPS) is 15.8. The summed E-state index contributed by atoms with van der Waals surface area (Å²) < 4.78 is 26.2. The highest BCUT2D eigenvalue weighted by atomic mass is 32.2. The van der Waals surface area contributed by atoms with Crippen molar-refractivity contribution in [3.63, 3.8) is 0 Å². The van der Waals surface area contributed by atoms with Crippen LogP contribution in [0.5, 0.6) is 0 Å². The van der Waals surface area contributed by atoms with Gasteiger partial charge in [-0.2, -0.15) is 0 Å². The summed E-state index contributed by atoms with van der Waals surface area (Å²) >= 11 is 0. The first-order valence-corrected chi connectivity index (χ1v) is 8.44. The summed E-state index contributed by atoms with van der Waals surface area (Å²) in [4.78, 5) is 2.26. The number of hydrogen-bond donors (Lipinski definition) is 0. The Hall–Kier alpha value is -1.23. The Bertz CT molecular complexity index is 540. The first kappa shape index (κ1) is 14.2. The maximum atomic E-state index is 12.3. The molecule has 0 spiro atoms. The Kier molecular flexibility index (Phi) is 4.04. The highest BCUT2D eigenvalue weighted by Crippen LogP contribution is 2.35. The van der Waals surface area contributed by atoms with Gasteiger partial charge in [-0.3, -0.25) is 4.31 Å². The fourth-order valence-corrected chi connectivity index (χ4v) is 4.10. The second-order valence-corrected chi connectivity index (χ2v) is 7.18. The van der Waals surface area contributed by atoms with Gasteiger partial charge in [0.2, 0.25) is 10.0 Å². The maximum absolute atomic E-state index is 12.3. The van der Waals surface area contributed by atoms with Crippen LogP contribution in [0.4, 0.5) is 11.4 Å². The van der Waals surface area contributed by atoms with E-state index in [0.29, 0.717) is 19.0 Å². The number of fused-ring (bicyclic) bond motifs is 1. The third-order valence-corrected chi connectivity index (χ3v) is 5.40. The molecule has 0 saturated heterocycles. The topological polar surface area (TPSA) is 40.6 Å². The molecule has 19 heavy (non-hydrogen) atoms. The number of para-hydroxylation sites is 2. The van der Waals surface area contributed by atoms with Crippen LogP contribution in [0.3, 0.4) is 0 Å². The molecule has 106 valence electrons. The highest BCUT2D eigenvalue weighted by molar-refractivity contribution is 7.92. The van der Waals surface area contributed by atoms with Gasteiger partial charge in [-0.15, -0.1) is 0 Å². The van der Waals surface area contributed by atoms with E-state index in [1.807, 2.05) is 31.2 Å². The SMILES string of the molecule is CCCS(=O)(=O)N1CCN(C(C)C)c2ccccc21. The van der Waals surface area contributed by atoms with Gasteiger partial charge in [-0.1, -0.05) is 19.1 Å². The smallest absolute Gasteiger partial charge is 0.235 e. The number of nitrogens with zero attached hydrogens (tertiary/aromatic N) is 2. The molecule has 0 aliphatic carbocycles. The van der Waals surface area contributed by atoms with Gasteiger partial charge in [0.05, 0.1) is 23.7 Å². The third-order valence-electron chi connectivity index (χ3n) is 3.43. The van der Waals surface area contributed by atoms with Crippen molar-refractivity contribution in [2.45, 2.75) is 33.2 Å².